The van der Waals surface area contributed by atoms with Crippen LogP contribution in [0.3, 0.4) is 0 Å². The number of halogens is 1. The van der Waals surface area contributed by atoms with Gasteiger partial charge in [0.1, 0.15) is 0 Å². The van der Waals surface area contributed by atoms with E-state index in [2.05, 4.69) is 16.3 Å². The van der Waals surface area contributed by atoms with Gasteiger partial charge in [0.15, 0.2) is 0 Å². The van der Waals surface area contributed by atoms with Gasteiger partial charge in [-0.15, -0.1) is 0 Å². The van der Waals surface area contributed by atoms with Crippen LogP contribution in [0.5, 0.6) is 0 Å². The minimum absolute atomic E-state index is 0.0172. The Morgan fingerprint density at radius 3 is 2.90 bits per heavy atom. The summed E-state index contributed by atoms with van der Waals surface area (Å²) in [5, 5.41) is 4.11. The zero-order chi connectivity index (χ0) is 13.9. The number of nitrogens with zero attached hydrogens (tertiary/aromatic N) is 1. The Labute approximate surface area is 125 Å². The molecular formula is C16H21ClN2O. The fraction of sp³-hybridized carbons (Fsp3) is 0.562. The number of amides is 1. The number of hydrogen-bond donors (Lipinski definition) is 1. The van der Waals surface area contributed by atoms with E-state index < -0.39 is 0 Å². The number of rotatable bonds is 2. The van der Waals surface area contributed by atoms with Gasteiger partial charge in [0, 0.05) is 11.6 Å². The molecule has 0 bridgehead atoms. The second kappa shape index (κ2) is 6.15. The molecule has 1 N–H and O–H groups in total. The highest BCUT2D eigenvalue weighted by Crippen LogP contribution is 2.33. The van der Waals surface area contributed by atoms with Gasteiger partial charge in [0.05, 0.1) is 12.1 Å². The second-order valence-corrected chi connectivity index (χ2v) is 6.18. The largest absolute Gasteiger partial charge is 0.334 e. The number of nitrogens with one attached hydrogen (secondary N) is 1. The van der Waals surface area contributed by atoms with Crippen LogP contribution < -0.4 is 5.32 Å². The number of carbonyl (C=O) groups excluding carboxylic acids is 1. The lowest BCUT2D eigenvalue weighted by molar-refractivity contribution is -0.135. The van der Waals surface area contributed by atoms with Crippen LogP contribution in [-0.2, 0) is 4.79 Å². The minimum atomic E-state index is 0.0172. The highest BCUT2D eigenvalue weighted by molar-refractivity contribution is 6.30. The summed E-state index contributed by atoms with van der Waals surface area (Å²) in [6.45, 7) is 1.83. The molecule has 2 heterocycles. The third kappa shape index (κ3) is 2.84. The number of benzene rings is 1. The third-order valence-electron chi connectivity index (χ3n) is 4.38. The van der Waals surface area contributed by atoms with Crippen LogP contribution in [0.4, 0.5) is 0 Å². The molecular weight excluding hydrogens is 272 g/mol. The van der Waals surface area contributed by atoms with Gasteiger partial charge in [-0.05, 0) is 49.9 Å². The van der Waals surface area contributed by atoms with Gasteiger partial charge in [0.25, 0.3) is 0 Å². The summed E-state index contributed by atoms with van der Waals surface area (Å²) in [6.07, 6.45) is 5.42. The maximum Gasteiger partial charge on any atom is 0.240 e. The van der Waals surface area contributed by atoms with Crippen LogP contribution in [0, 0.1) is 0 Å². The van der Waals surface area contributed by atoms with E-state index in [-0.39, 0.29) is 18.0 Å². The molecule has 2 fully saturated rings. The summed E-state index contributed by atoms with van der Waals surface area (Å²) in [5.41, 5.74) is 1.17. The molecule has 3 nitrogen and oxygen atoms in total. The van der Waals surface area contributed by atoms with E-state index >= 15 is 0 Å². The van der Waals surface area contributed by atoms with Gasteiger partial charge >= 0.3 is 0 Å². The minimum Gasteiger partial charge on any atom is -0.334 e. The predicted molar refractivity (Wildman–Crippen MR) is 80.8 cm³/mol. The van der Waals surface area contributed by atoms with Gasteiger partial charge in [-0.2, -0.15) is 0 Å². The maximum absolute atomic E-state index is 12.7. The van der Waals surface area contributed by atoms with Crippen molar-refractivity contribution in [1.82, 2.24) is 10.2 Å². The van der Waals surface area contributed by atoms with E-state index in [1.54, 1.807) is 0 Å². The molecule has 0 aliphatic carbocycles. The normalized spacial score (nSPS) is 26.8. The number of carbonyl (C=O) groups is 1. The van der Waals surface area contributed by atoms with E-state index in [9.17, 15) is 4.79 Å². The lowest BCUT2D eigenvalue weighted by Crippen LogP contribution is -2.48. The van der Waals surface area contributed by atoms with Crippen molar-refractivity contribution in [1.29, 1.82) is 0 Å². The van der Waals surface area contributed by atoms with Gasteiger partial charge in [-0.1, -0.05) is 30.2 Å². The molecule has 2 saturated heterocycles. The molecule has 2 aliphatic rings. The van der Waals surface area contributed by atoms with Crippen molar-refractivity contribution in [3.05, 3.63) is 34.9 Å². The van der Waals surface area contributed by atoms with E-state index in [0.29, 0.717) is 0 Å². The van der Waals surface area contributed by atoms with Gasteiger partial charge in [0.2, 0.25) is 5.91 Å². The molecule has 2 aliphatic heterocycles. The van der Waals surface area contributed by atoms with Crippen LogP contribution in [0.2, 0.25) is 5.02 Å². The van der Waals surface area contributed by atoms with E-state index in [1.807, 2.05) is 18.2 Å². The number of likely N-dealkylation sites (tertiary alicyclic amines) is 1. The molecule has 20 heavy (non-hydrogen) atoms. The molecule has 4 heteroatoms. The van der Waals surface area contributed by atoms with Crippen molar-refractivity contribution >= 4 is 17.5 Å². The van der Waals surface area contributed by atoms with Crippen molar-refractivity contribution < 1.29 is 4.79 Å². The molecule has 1 aromatic rings. The number of hydrogen-bond acceptors (Lipinski definition) is 2. The molecule has 0 radical (unpaired) electrons. The molecule has 1 aromatic carbocycles. The summed E-state index contributed by atoms with van der Waals surface area (Å²) < 4.78 is 0. The first-order chi connectivity index (χ1) is 9.75. The Bertz CT molecular complexity index is 485. The molecule has 0 saturated carbocycles. The molecule has 2 atom stereocenters. The first-order valence-electron chi connectivity index (χ1n) is 7.55. The van der Waals surface area contributed by atoms with Crippen molar-refractivity contribution in [2.45, 2.75) is 44.2 Å². The molecule has 108 valence electrons. The standard InChI is InChI=1S/C16H21ClN2O/c17-13-6-3-5-12(11-13)15-8-4-10-19(15)16(20)14-7-1-2-9-18-14/h3,5-6,11,14-15,18H,1-2,4,7-10H2. The summed E-state index contributed by atoms with van der Waals surface area (Å²) in [4.78, 5) is 14.7. The SMILES string of the molecule is O=C(C1CCCCN1)N1CCCC1c1cccc(Cl)c1. The molecule has 0 aromatic heterocycles. The molecule has 0 spiro atoms. The monoisotopic (exact) mass is 292 g/mol. The van der Waals surface area contributed by atoms with Crippen LogP contribution in [0.25, 0.3) is 0 Å². The van der Waals surface area contributed by atoms with Crippen LogP contribution in [0.1, 0.15) is 43.7 Å². The Morgan fingerprint density at radius 1 is 1.25 bits per heavy atom. The topological polar surface area (TPSA) is 32.3 Å². The Kier molecular flexibility index (Phi) is 4.27. The fourth-order valence-electron chi connectivity index (χ4n) is 3.35. The molecule has 1 amide bonds. The Hall–Kier alpha value is -1.06. The third-order valence-corrected chi connectivity index (χ3v) is 4.61. The average Bonchev–Trinajstić information content (AvgIpc) is 2.97. The first kappa shape index (κ1) is 13.9. The van der Waals surface area contributed by atoms with E-state index in [4.69, 9.17) is 11.6 Å². The van der Waals surface area contributed by atoms with Crippen molar-refractivity contribution in [3.63, 3.8) is 0 Å². The molecule has 3 rings (SSSR count). The van der Waals surface area contributed by atoms with E-state index in [1.165, 1.54) is 12.0 Å². The van der Waals surface area contributed by atoms with Crippen LogP contribution in [0.15, 0.2) is 24.3 Å². The van der Waals surface area contributed by atoms with Crippen LogP contribution in [-0.4, -0.2) is 29.9 Å². The lowest BCUT2D eigenvalue weighted by atomic mass is 10.0. The van der Waals surface area contributed by atoms with Crippen LogP contribution >= 0.6 is 11.6 Å². The number of piperidine rings is 1. The zero-order valence-electron chi connectivity index (χ0n) is 11.6. The summed E-state index contributed by atoms with van der Waals surface area (Å²) in [7, 11) is 0. The van der Waals surface area contributed by atoms with Crippen molar-refractivity contribution in [2.24, 2.45) is 0 Å². The summed E-state index contributed by atoms with van der Waals surface area (Å²) in [6, 6.07) is 8.14. The second-order valence-electron chi connectivity index (χ2n) is 5.75. The lowest BCUT2D eigenvalue weighted by Gasteiger charge is -2.31. The summed E-state index contributed by atoms with van der Waals surface area (Å²) >= 11 is 6.08. The quantitative estimate of drug-likeness (QED) is 0.908. The Balaban J connectivity index is 1.76. The maximum atomic E-state index is 12.7. The highest BCUT2D eigenvalue weighted by Gasteiger charge is 2.34. The van der Waals surface area contributed by atoms with E-state index in [0.717, 1.165) is 43.8 Å². The average molecular weight is 293 g/mol. The van der Waals surface area contributed by atoms with Gasteiger partial charge < -0.3 is 10.2 Å². The highest BCUT2D eigenvalue weighted by atomic mass is 35.5. The molecule has 2 unspecified atom stereocenters. The van der Waals surface area contributed by atoms with Crippen molar-refractivity contribution in [3.8, 4) is 0 Å². The van der Waals surface area contributed by atoms with Crippen molar-refractivity contribution in [2.75, 3.05) is 13.1 Å². The first-order valence-corrected chi connectivity index (χ1v) is 7.93. The fourth-order valence-corrected chi connectivity index (χ4v) is 3.55. The predicted octanol–water partition coefficient (Wildman–Crippen LogP) is 3.15. The summed E-state index contributed by atoms with van der Waals surface area (Å²) in [5.74, 6) is 0.271. The van der Waals surface area contributed by atoms with Gasteiger partial charge in [-0.25, -0.2) is 0 Å². The van der Waals surface area contributed by atoms with Gasteiger partial charge in [-0.3, -0.25) is 4.79 Å². The zero-order valence-corrected chi connectivity index (χ0v) is 12.4. The smallest absolute Gasteiger partial charge is 0.240 e. The Morgan fingerprint density at radius 2 is 2.15 bits per heavy atom.